The zero-order chi connectivity index (χ0) is 14.8. The maximum absolute atomic E-state index is 13.2. The quantitative estimate of drug-likeness (QED) is 0.820. The van der Waals surface area contributed by atoms with Crippen LogP contribution >= 0.6 is 0 Å². The van der Waals surface area contributed by atoms with Gasteiger partial charge in [0.15, 0.2) is 6.29 Å². The summed E-state index contributed by atoms with van der Waals surface area (Å²) in [4.78, 5) is 0. The van der Waals surface area contributed by atoms with E-state index < -0.39 is 11.6 Å². The molecule has 110 valence electrons. The second-order valence-electron chi connectivity index (χ2n) is 5.38. The van der Waals surface area contributed by atoms with Crippen molar-refractivity contribution in [1.29, 1.82) is 0 Å². The third-order valence-corrected chi connectivity index (χ3v) is 3.44. The molecule has 3 rings (SSSR count). The lowest BCUT2D eigenvalue weighted by Gasteiger charge is -2.27. The maximum Gasteiger partial charge on any atom is 0.183 e. The van der Waals surface area contributed by atoms with Crippen LogP contribution in [-0.4, -0.2) is 13.2 Å². The Labute approximate surface area is 122 Å². The summed E-state index contributed by atoms with van der Waals surface area (Å²) < 4.78 is 37.7. The van der Waals surface area contributed by atoms with Gasteiger partial charge in [-0.2, -0.15) is 0 Å². The lowest BCUT2D eigenvalue weighted by atomic mass is 10.0. The molecule has 1 heterocycles. The Morgan fingerprint density at radius 2 is 1.43 bits per heavy atom. The molecule has 1 aliphatic heterocycles. The van der Waals surface area contributed by atoms with Crippen LogP contribution in [0.4, 0.5) is 8.78 Å². The Kier molecular flexibility index (Phi) is 3.99. The number of ether oxygens (including phenoxy) is 2. The van der Waals surface area contributed by atoms with Crippen molar-refractivity contribution in [3.05, 3.63) is 59.7 Å². The predicted molar refractivity (Wildman–Crippen MR) is 75.6 cm³/mol. The van der Waals surface area contributed by atoms with Crippen LogP contribution in [0.5, 0.6) is 0 Å². The molecular weight excluding hydrogens is 274 g/mol. The summed E-state index contributed by atoms with van der Waals surface area (Å²) in [5, 5.41) is 0. The number of halogens is 2. The van der Waals surface area contributed by atoms with E-state index in [2.05, 4.69) is 6.92 Å². The topological polar surface area (TPSA) is 18.5 Å². The summed E-state index contributed by atoms with van der Waals surface area (Å²) in [6.45, 7) is 3.40. The lowest BCUT2D eigenvalue weighted by Crippen LogP contribution is -2.24. The summed E-state index contributed by atoms with van der Waals surface area (Å²) in [5.74, 6) is -0.764. The van der Waals surface area contributed by atoms with Crippen molar-refractivity contribution in [2.75, 3.05) is 13.2 Å². The van der Waals surface area contributed by atoms with E-state index in [9.17, 15) is 8.78 Å². The Balaban J connectivity index is 1.80. The highest BCUT2D eigenvalue weighted by Crippen LogP contribution is 2.28. The van der Waals surface area contributed by atoms with Crippen LogP contribution in [0, 0.1) is 17.6 Å². The van der Waals surface area contributed by atoms with Gasteiger partial charge in [0.2, 0.25) is 0 Å². The largest absolute Gasteiger partial charge is 0.348 e. The van der Waals surface area contributed by atoms with Gasteiger partial charge in [-0.05, 0) is 23.3 Å². The molecule has 0 N–H and O–H groups in total. The van der Waals surface area contributed by atoms with E-state index in [1.165, 1.54) is 12.1 Å². The third-order valence-electron chi connectivity index (χ3n) is 3.44. The van der Waals surface area contributed by atoms with Crippen molar-refractivity contribution < 1.29 is 18.3 Å². The fourth-order valence-electron chi connectivity index (χ4n) is 2.35. The molecule has 0 atom stereocenters. The van der Waals surface area contributed by atoms with Crippen LogP contribution in [0.15, 0.2) is 42.5 Å². The van der Waals surface area contributed by atoms with Crippen molar-refractivity contribution in [3.63, 3.8) is 0 Å². The van der Waals surface area contributed by atoms with Gasteiger partial charge in [-0.25, -0.2) is 8.78 Å². The first kappa shape index (κ1) is 14.2. The zero-order valence-electron chi connectivity index (χ0n) is 11.7. The summed E-state index contributed by atoms with van der Waals surface area (Å²) in [5.41, 5.74) is 2.17. The molecule has 0 radical (unpaired) electrons. The van der Waals surface area contributed by atoms with Crippen molar-refractivity contribution in [2.45, 2.75) is 13.2 Å². The summed E-state index contributed by atoms with van der Waals surface area (Å²) >= 11 is 0. The first-order chi connectivity index (χ1) is 10.1. The molecule has 2 aromatic rings. The SMILES string of the molecule is CC1COC(c2ccc(-c3cc(F)cc(F)c3)cc2)OC1. The monoisotopic (exact) mass is 290 g/mol. The molecule has 0 saturated carbocycles. The van der Waals surface area contributed by atoms with Gasteiger partial charge in [0.25, 0.3) is 0 Å². The van der Waals surface area contributed by atoms with Crippen LogP contribution in [0.3, 0.4) is 0 Å². The molecule has 1 aliphatic rings. The minimum Gasteiger partial charge on any atom is -0.348 e. The highest BCUT2D eigenvalue weighted by molar-refractivity contribution is 5.63. The van der Waals surface area contributed by atoms with E-state index in [-0.39, 0.29) is 6.29 Å². The van der Waals surface area contributed by atoms with Crippen molar-refractivity contribution in [2.24, 2.45) is 5.92 Å². The molecule has 1 fully saturated rings. The molecular formula is C17H16F2O2. The highest BCUT2D eigenvalue weighted by Gasteiger charge is 2.20. The molecule has 0 aliphatic carbocycles. The molecule has 2 nitrogen and oxygen atoms in total. The fourth-order valence-corrected chi connectivity index (χ4v) is 2.35. The van der Waals surface area contributed by atoms with Gasteiger partial charge >= 0.3 is 0 Å². The molecule has 1 saturated heterocycles. The van der Waals surface area contributed by atoms with Crippen molar-refractivity contribution in [1.82, 2.24) is 0 Å². The molecule has 0 spiro atoms. The zero-order valence-corrected chi connectivity index (χ0v) is 11.7. The number of benzene rings is 2. The van der Waals surface area contributed by atoms with E-state index in [4.69, 9.17) is 9.47 Å². The second kappa shape index (κ2) is 5.92. The van der Waals surface area contributed by atoms with Gasteiger partial charge in [-0.3, -0.25) is 0 Å². The summed E-state index contributed by atoms with van der Waals surface area (Å²) in [7, 11) is 0. The van der Waals surface area contributed by atoms with Gasteiger partial charge in [0.1, 0.15) is 11.6 Å². The number of hydrogen-bond acceptors (Lipinski definition) is 2. The van der Waals surface area contributed by atoms with Crippen molar-refractivity contribution in [3.8, 4) is 11.1 Å². The first-order valence-electron chi connectivity index (χ1n) is 6.91. The Morgan fingerprint density at radius 3 is 2.00 bits per heavy atom. The van der Waals surface area contributed by atoms with E-state index in [0.29, 0.717) is 24.7 Å². The molecule has 21 heavy (non-hydrogen) atoms. The van der Waals surface area contributed by atoms with E-state index in [0.717, 1.165) is 17.2 Å². The van der Waals surface area contributed by atoms with Gasteiger partial charge in [-0.15, -0.1) is 0 Å². The first-order valence-corrected chi connectivity index (χ1v) is 6.91. The number of hydrogen-bond donors (Lipinski definition) is 0. The maximum atomic E-state index is 13.2. The van der Waals surface area contributed by atoms with Crippen LogP contribution in [0.2, 0.25) is 0 Å². The standard InChI is InChI=1S/C17H16F2O2/c1-11-9-20-17(21-10-11)13-4-2-12(3-5-13)14-6-15(18)8-16(19)7-14/h2-8,11,17H,9-10H2,1H3. The van der Waals surface area contributed by atoms with Crippen LogP contribution in [0.25, 0.3) is 11.1 Å². The fraction of sp³-hybridized carbons (Fsp3) is 0.294. The van der Waals surface area contributed by atoms with E-state index >= 15 is 0 Å². The van der Waals surface area contributed by atoms with Gasteiger partial charge < -0.3 is 9.47 Å². The summed E-state index contributed by atoms with van der Waals surface area (Å²) in [6.07, 6.45) is -0.362. The predicted octanol–water partition coefficient (Wildman–Crippen LogP) is 4.31. The molecule has 4 heteroatoms. The Bertz CT molecular complexity index is 597. The molecule has 0 amide bonds. The van der Waals surface area contributed by atoms with Crippen LogP contribution in [0.1, 0.15) is 18.8 Å². The second-order valence-corrected chi connectivity index (χ2v) is 5.38. The average molecular weight is 290 g/mol. The van der Waals surface area contributed by atoms with E-state index in [1.807, 2.05) is 24.3 Å². The lowest BCUT2D eigenvalue weighted by molar-refractivity contribution is -0.202. The molecule has 2 aromatic carbocycles. The number of rotatable bonds is 2. The van der Waals surface area contributed by atoms with Gasteiger partial charge in [0, 0.05) is 17.5 Å². The minimum atomic E-state index is -0.581. The Morgan fingerprint density at radius 1 is 0.857 bits per heavy atom. The summed E-state index contributed by atoms with van der Waals surface area (Å²) in [6, 6.07) is 10.8. The Hall–Kier alpha value is -1.78. The van der Waals surface area contributed by atoms with Crippen LogP contribution in [-0.2, 0) is 9.47 Å². The average Bonchev–Trinajstić information content (AvgIpc) is 2.47. The smallest absolute Gasteiger partial charge is 0.183 e. The normalized spacial score (nSPS) is 22.2. The van der Waals surface area contributed by atoms with Gasteiger partial charge in [0.05, 0.1) is 13.2 Å². The van der Waals surface area contributed by atoms with Crippen molar-refractivity contribution >= 4 is 0 Å². The van der Waals surface area contributed by atoms with E-state index in [1.54, 1.807) is 0 Å². The molecule has 0 unspecified atom stereocenters. The molecule has 0 aromatic heterocycles. The van der Waals surface area contributed by atoms with Gasteiger partial charge in [-0.1, -0.05) is 31.2 Å². The van der Waals surface area contributed by atoms with Crippen LogP contribution < -0.4 is 0 Å². The third kappa shape index (κ3) is 3.28. The minimum absolute atomic E-state index is 0.362. The highest BCUT2D eigenvalue weighted by atomic mass is 19.1. The molecule has 0 bridgehead atoms.